The first-order valence-corrected chi connectivity index (χ1v) is 6.89. The minimum absolute atomic E-state index is 0.00675. The molecule has 0 aromatic rings. The van der Waals surface area contributed by atoms with Gasteiger partial charge in [0.15, 0.2) is 0 Å². The van der Waals surface area contributed by atoms with Crippen molar-refractivity contribution in [1.82, 2.24) is 10.6 Å². The minimum Gasteiger partial charge on any atom is -0.480 e. The molecule has 118 valence electrons. The van der Waals surface area contributed by atoms with Crippen molar-refractivity contribution in [1.29, 1.82) is 0 Å². The average molecular weight is 299 g/mol. The van der Waals surface area contributed by atoms with Crippen LogP contribution in [0.15, 0.2) is 0 Å². The summed E-state index contributed by atoms with van der Waals surface area (Å²) < 4.78 is 0. The van der Waals surface area contributed by atoms with Gasteiger partial charge in [-0.15, -0.1) is 0 Å². The van der Waals surface area contributed by atoms with Gasteiger partial charge in [-0.25, -0.2) is 4.79 Å². The van der Waals surface area contributed by atoms with E-state index in [4.69, 9.17) is 10.8 Å². The SMILES string of the molecule is CC1CC1C(=O)NCCC(=O)N[C@@H](CCC(N)=O)C(=O)O. The maximum Gasteiger partial charge on any atom is 0.326 e. The number of hydrogen-bond acceptors (Lipinski definition) is 4. The van der Waals surface area contributed by atoms with Crippen LogP contribution in [0.4, 0.5) is 0 Å². The molecule has 1 aliphatic rings. The lowest BCUT2D eigenvalue weighted by Crippen LogP contribution is -2.42. The second-order valence-corrected chi connectivity index (χ2v) is 5.32. The van der Waals surface area contributed by atoms with Gasteiger partial charge in [-0.1, -0.05) is 6.92 Å². The smallest absolute Gasteiger partial charge is 0.326 e. The molecule has 1 saturated carbocycles. The highest BCUT2D eigenvalue weighted by Crippen LogP contribution is 2.37. The molecule has 1 fully saturated rings. The summed E-state index contributed by atoms with van der Waals surface area (Å²) in [4.78, 5) is 44.7. The highest BCUT2D eigenvalue weighted by atomic mass is 16.4. The van der Waals surface area contributed by atoms with Crippen LogP contribution < -0.4 is 16.4 Å². The lowest BCUT2D eigenvalue weighted by Gasteiger charge is -2.13. The maximum absolute atomic E-state index is 11.6. The van der Waals surface area contributed by atoms with E-state index in [0.29, 0.717) is 5.92 Å². The van der Waals surface area contributed by atoms with Gasteiger partial charge >= 0.3 is 5.97 Å². The zero-order valence-electron chi connectivity index (χ0n) is 11.9. The molecular weight excluding hydrogens is 278 g/mol. The number of carboxylic acid groups (broad SMARTS) is 1. The van der Waals surface area contributed by atoms with Crippen molar-refractivity contribution >= 4 is 23.7 Å². The van der Waals surface area contributed by atoms with Gasteiger partial charge < -0.3 is 21.5 Å². The molecule has 0 radical (unpaired) electrons. The van der Waals surface area contributed by atoms with Crippen LogP contribution >= 0.6 is 0 Å². The normalized spacial score (nSPS) is 21.2. The number of primary amides is 1. The summed E-state index contributed by atoms with van der Waals surface area (Å²) in [6, 6.07) is -1.15. The van der Waals surface area contributed by atoms with Crippen molar-refractivity contribution in [2.24, 2.45) is 17.6 Å². The largest absolute Gasteiger partial charge is 0.480 e. The number of nitrogens with one attached hydrogen (secondary N) is 2. The molecule has 21 heavy (non-hydrogen) atoms. The zero-order valence-corrected chi connectivity index (χ0v) is 11.9. The molecule has 8 heteroatoms. The summed E-state index contributed by atoms with van der Waals surface area (Å²) in [6.07, 6.45) is 0.690. The number of carboxylic acids is 1. The predicted octanol–water partition coefficient (Wildman–Crippen LogP) is -1.02. The summed E-state index contributed by atoms with van der Waals surface area (Å²) >= 11 is 0. The molecular formula is C13H21N3O5. The molecule has 0 spiro atoms. The molecule has 8 nitrogen and oxygen atoms in total. The highest BCUT2D eigenvalue weighted by molar-refractivity contribution is 5.85. The van der Waals surface area contributed by atoms with E-state index in [2.05, 4.69) is 10.6 Å². The van der Waals surface area contributed by atoms with Gasteiger partial charge in [0, 0.05) is 25.3 Å². The van der Waals surface area contributed by atoms with Crippen molar-refractivity contribution < 1.29 is 24.3 Å². The number of rotatable bonds is 9. The van der Waals surface area contributed by atoms with E-state index < -0.39 is 23.8 Å². The molecule has 0 bridgehead atoms. The quantitative estimate of drug-likeness (QED) is 0.432. The Balaban J connectivity index is 2.24. The Morgan fingerprint density at radius 3 is 2.38 bits per heavy atom. The fourth-order valence-electron chi connectivity index (χ4n) is 1.93. The highest BCUT2D eigenvalue weighted by Gasteiger charge is 2.38. The third-order valence-electron chi connectivity index (χ3n) is 3.41. The van der Waals surface area contributed by atoms with Gasteiger partial charge in [0.25, 0.3) is 0 Å². The van der Waals surface area contributed by atoms with Crippen molar-refractivity contribution in [2.75, 3.05) is 6.54 Å². The summed E-state index contributed by atoms with van der Waals surface area (Å²) in [5, 5.41) is 13.9. The molecule has 5 N–H and O–H groups in total. The van der Waals surface area contributed by atoms with Gasteiger partial charge in [0.2, 0.25) is 17.7 Å². The van der Waals surface area contributed by atoms with E-state index in [0.717, 1.165) is 6.42 Å². The van der Waals surface area contributed by atoms with Gasteiger partial charge in [0.05, 0.1) is 0 Å². The molecule has 1 rings (SSSR count). The number of aliphatic carboxylic acids is 1. The molecule has 0 saturated heterocycles. The average Bonchev–Trinajstić information content (AvgIpc) is 3.11. The Morgan fingerprint density at radius 1 is 1.29 bits per heavy atom. The van der Waals surface area contributed by atoms with Crippen LogP contribution in [0.2, 0.25) is 0 Å². The minimum atomic E-state index is -1.22. The Morgan fingerprint density at radius 2 is 1.90 bits per heavy atom. The van der Waals surface area contributed by atoms with E-state index >= 15 is 0 Å². The molecule has 0 aliphatic heterocycles. The van der Waals surface area contributed by atoms with E-state index in [1.54, 1.807) is 0 Å². The zero-order chi connectivity index (χ0) is 16.0. The van der Waals surface area contributed by atoms with Crippen molar-refractivity contribution in [3.8, 4) is 0 Å². The lowest BCUT2D eigenvalue weighted by molar-refractivity contribution is -0.142. The Bertz CT molecular complexity index is 438. The van der Waals surface area contributed by atoms with E-state index in [1.807, 2.05) is 6.92 Å². The number of carbonyl (C=O) groups excluding carboxylic acids is 3. The van der Waals surface area contributed by atoms with E-state index in [-0.39, 0.29) is 37.6 Å². The molecule has 1 aliphatic carbocycles. The standard InChI is InChI=1S/C13H21N3O5/c1-7-6-8(7)12(19)15-5-4-11(18)16-9(13(20)21)2-3-10(14)17/h7-9H,2-6H2,1H3,(H2,14,17)(H,15,19)(H,16,18)(H,20,21)/t7?,8?,9-/m0/s1. The monoisotopic (exact) mass is 299 g/mol. The van der Waals surface area contributed by atoms with Crippen LogP contribution in [0, 0.1) is 11.8 Å². The van der Waals surface area contributed by atoms with Crippen molar-refractivity contribution in [3.63, 3.8) is 0 Å². The molecule has 0 aromatic carbocycles. The van der Waals surface area contributed by atoms with Crippen LogP contribution in [0.5, 0.6) is 0 Å². The van der Waals surface area contributed by atoms with Crippen molar-refractivity contribution in [3.05, 3.63) is 0 Å². The van der Waals surface area contributed by atoms with E-state index in [9.17, 15) is 19.2 Å². The fraction of sp³-hybridized carbons (Fsp3) is 0.692. The summed E-state index contributed by atoms with van der Waals surface area (Å²) in [5.74, 6) is -1.98. The van der Waals surface area contributed by atoms with Crippen LogP contribution in [0.25, 0.3) is 0 Å². The number of nitrogens with two attached hydrogens (primary N) is 1. The number of carbonyl (C=O) groups is 4. The number of hydrogen-bond donors (Lipinski definition) is 4. The van der Waals surface area contributed by atoms with Crippen molar-refractivity contribution in [2.45, 2.75) is 38.6 Å². The first-order valence-electron chi connectivity index (χ1n) is 6.89. The van der Waals surface area contributed by atoms with Gasteiger partial charge in [-0.2, -0.15) is 0 Å². The Hall–Kier alpha value is -2.12. The maximum atomic E-state index is 11.6. The van der Waals surface area contributed by atoms with Crippen LogP contribution in [-0.2, 0) is 19.2 Å². The third kappa shape index (κ3) is 6.24. The van der Waals surface area contributed by atoms with Crippen LogP contribution in [0.3, 0.4) is 0 Å². The van der Waals surface area contributed by atoms with Gasteiger partial charge in [0.1, 0.15) is 6.04 Å². The van der Waals surface area contributed by atoms with Crippen LogP contribution in [0.1, 0.15) is 32.6 Å². The Kier molecular flexibility index (Phi) is 6.13. The molecule has 2 unspecified atom stereocenters. The lowest BCUT2D eigenvalue weighted by atomic mass is 10.1. The van der Waals surface area contributed by atoms with Gasteiger partial charge in [-0.05, 0) is 18.8 Å². The summed E-state index contributed by atoms with van der Waals surface area (Å²) in [5.41, 5.74) is 4.94. The second kappa shape index (κ2) is 7.61. The fourth-order valence-corrected chi connectivity index (χ4v) is 1.93. The molecule has 0 heterocycles. The number of amides is 3. The Labute approximate surface area is 122 Å². The summed E-state index contributed by atoms with van der Waals surface area (Å²) in [6.45, 7) is 2.14. The molecule has 3 atom stereocenters. The molecule has 0 aromatic heterocycles. The van der Waals surface area contributed by atoms with Crippen LogP contribution in [-0.4, -0.2) is 41.4 Å². The van der Waals surface area contributed by atoms with E-state index in [1.165, 1.54) is 0 Å². The molecule has 3 amide bonds. The third-order valence-corrected chi connectivity index (χ3v) is 3.41. The first kappa shape index (κ1) is 16.9. The predicted molar refractivity (Wildman–Crippen MR) is 72.9 cm³/mol. The topological polar surface area (TPSA) is 139 Å². The summed E-state index contributed by atoms with van der Waals surface area (Å²) in [7, 11) is 0. The second-order valence-electron chi connectivity index (χ2n) is 5.32. The first-order chi connectivity index (χ1) is 9.81. The van der Waals surface area contributed by atoms with Gasteiger partial charge in [-0.3, -0.25) is 14.4 Å².